The van der Waals surface area contributed by atoms with Crippen molar-refractivity contribution in [3.8, 4) is 5.75 Å². The van der Waals surface area contributed by atoms with Crippen LogP contribution in [-0.4, -0.2) is 29.8 Å². The van der Waals surface area contributed by atoms with Gasteiger partial charge in [-0.15, -0.1) is 0 Å². The number of benzene rings is 1. The minimum Gasteiger partial charge on any atom is -0.480 e. The van der Waals surface area contributed by atoms with E-state index in [1.54, 1.807) is 19.9 Å². The molecule has 0 aliphatic carbocycles. The normalized spacial score (nSPS) is 13.9. The Morgan fingerprint density at radius 1 is 1.47 bits per heavy atom. The summed E-state index contributed by atoms with van der Waals surface area (Å²) in [5.41, 5.74) is 0. The molecule has 0 saturated heterocycles. The van der Waals surface area contributed by atoms with Crippen LogP contribution in [0.5, 0.6) is 5.75 Å². The number of carbonyl (C=O) groups excluding carboxylic acids is 1. The van der Waals surface area contributed by atoms with Gasteiger partial charge in [-0.2, -0.15) is 0 Å². The number of amides is 1. The highest BCUT2D eigenvalue weighted by atomic mass is 79.9. The molecule has 94 valence electrons. The van der Waals surface area contributed by atoms with E-state index in [1.807, 2.05) is 18.2 Å². The van der Waals surface area contributed by atoms with Gasteiger partial charge in [0.2, 0.25) is 0 Å². The molecule has 0 radical (unpaired) electrons. The molecule has 0 aromatic heterocycles. The zero-order valence-electron chi connectivity index (χ0n) is 9.81. The van der Waals surface area contributed by atoms with Crippen LogP contribution in [0.15, 0.2) is 28.7 Å². The molecule has 2 N–H and O–H groups in total. The molecule has 0 saturated carbocycles. The molecule has 0 heterocycles. The van der Waals surface area contributed by atoms with Crippen LogP contribution < -0.4 is 10.1 Å². The van der Waals surface area contributed by atoms with E-state index in [1.165, 1.54) is 0 Å². The second-order valence-electron chi connectivity index (χ2n) is 3.78. The highest BCUT2D eigenvalue weighted by molar-refractivity contribution is 9.10. The van der Waals surface area contributed by atoms with Gasteiger partial charge >= 0.3 is 0 Å². The van der Waals surface area contributed by atoms with Gasteiger partial charge in [-0.3, -0.25) is 4.79 Å². The second kappa shape index (κ2) is 6.61. The highest BCUT2D eigenvalue weighted by Crippen LogP contribution is 2.24. The monoisotopic (exact) mass is 301 g/mol. The molecular weight excluding hydrogens is 286 g/mol. The SMILES string of the molecule is CC(O)CNC(=O)C(C)Oc1ccccc1Br. The van der Waals surface area contributed by atoms with Crippen molar-refractivity contribution in [3.63, 3.8) is 0 Å². The number of hydrogen-bond donors (Lipinski definition) is 2. The molecule has 1 aromatic carbocycles. The summed E-state index contributed by atoms with van der Waals surface area (Å²) in [6.07, 6.45) is -1.16. The molecule has 0 spiro atoms. The van der Waals surface area contributed by atoms with Crippen LogP contribution in [0.2, 0.25) is 0 Å². The van der Waals surface area contributed by atoms with Crippen LogP contribution in [0.25, 0.3) is 0 Å². The molecule has 0 aliphatic rings. The lowest BCUT2D eigenvalue weighted by Gasteiger charge is -2.16. The summed E-state index contributed by atoms with van der Waals surface area (Å²) < 4.78 is 6.30. The fraction of sp³-hybridized carbons (Fsp3) is 0.417. The minimum absolute atomic E-state index is 0.225. The molecule has 1 aromatic rings. The van der Waals surface area contributed by atoms with Gasteiger partial charge in [0.25, 0.3) is 5.91 Å². The molecule has 0 bridgehead atoms. The van der Waals surface area contributed by atoms with Crippen molar-refractivity contribution in [2.24, 2.45) is 0 Å². The Morgan fingerprint density at radius 2 is 2.12 bits per heavy atom. The number of hydrogen-bond acceptors (Lipinski definition) is 3. The molecule has 5 heteroatoms. The zero-order chi connectivity index (χ0) is 12.8. The Hall–Kier alpha value is -1.07. The van der Waals surface area contributed by atoms with Crippen LogP contribution in [0, 0.1) is 0 Å². The largest absolute Gasteiger partial charge is 0.480 e. The van der Waals surface area contributed by atoms with Crippen LogP contribution >= 0.6 is 15.9 Å². The third kappa shape index (κ3) is 4.75. The Labute approximate surface area is 109 Å². The van der Waals surface area contributed by atoms with Crippen molar-refractivity contribution in [1.29, 1.82) is 0 Å². The second-order valence-corrected chi connectivity index (χ2v) is 4.64. The molecule has 1 rings (SSSR count). The minimum atomic E-state index is -0.604. The maximum absolute atomic E-state index is 11.6. The molecular formula is C12H16BrNO3. The molecule has 0 fully saturated rings. The first-order chi connectivity index (χ1) is 8.00. The van der Waals surface area contributed by atoms with Crippen LogP contribution in [0.3, 0.4) is 0 Å². The number of rotatable bonds is 5. The smallest absolute Gasteiger partial charge is 0.260 e. The van der Waals surface area contributed by atoms with E-state index < -0.39 is 12.2 Å². The van der Waals surface area contributed by atoms with E-state index in [0.29, 0.717) is 5.75 Å². The first-order valence-corrected chi connectivity index (χ1v) is 6.17. The first kappa shape index (κ1) is 14.0. The molecule has 1 amide bonds. The fourth-order valence-electron chi connectivity index (χ4n) is 1.18. The third-order valence-electron chi connectivity index (χ3n) is 2.08. The lowest BCUT2D eigenvalue weighted by molar-refractivity contribution is -0.127. The highest BCUT2D eigenvalue weighted by Gasteiger charge is 2.15. The maximum atomic E-state index is 11.6. The Balaban J connectivity index is 2.51. The van der Waals surface area contributed by atoms with Gasteiger partial charge in [-0.05, 0) is 41.9 Å². The van der Waals surface area contributed by atoms with Crippen molar-refractivity contribution in [3.05, 3.63) is 28.7 Å². The van der Waals surface area contributed by atoms with E-state index in [9.17, 15) is 4.79 Å². The van der Waals surface area contributed by atoms with Gasteiger partial charge in [0.15, 0.2) is 6.10 Å². The zero-order valence-corrected chi connectivity index (χ0v) is 11.4. The number of aliphatic hydroxyl groups is 1. The number of nitrogens with one attached hydrogen (secondary N) is 1. The van der Waals surface area contributed by atoms with Gasteiger partial charge in [0.05, 0.1) is 10.6 Å². The van der Waals surface area contributed by atoms with Crippen molar-refractivity contribution >= 4 is 21.8 Å². The van der Waals surface area contributed by atoms with Gasteiger partial charge in [0, 0.05) is 6.54 Å². The molecule has 0 aliphatic heterocycles. The number of para-hydroxylation sites is 1. The van der Waals surface area contributed by atoms with Gasteiger partial charge in [-0.25, -0.2) is 0 Å². The summed E-state index contributed by atoms with van der Waals surface area (Å²) in [6.45, 7) is 3.50. The van der Waals surface area contributed by atoms with Gasteiger partial charge in [-0.1, -0.05) is 12.1 Å². The summed E-state index contributed by atoms with van der Waals surface area (Å²) in [4.78, 5) is 11.6. The maximum Gasteiger partial charge on any atom is 0.260 e. The average molecular weight is 302 g/mol. The number of carbonyl (C=O) groups is 1. The number of halogens is 1. The van der Waals surface area contributed by atoms with Crippen LogP contribution in [-0.2, 0) is 4.79 Å². The lowest BCUT2D eigenvalue weighted by Crippen LogP contribution is -2.39. The standard InChI is InChI=1S/C12H16BrNO3/c1-8(15)7-14-12(16)9(2)17-11-6-4-3-5-10(11)13/h3-6,8-9,15H,7H2,1-2H3,(H,14,16). The van der Waals surface area contributed by atoms with E-state index >= 15 is 0 Å². The van der Waals surface area contributed by atoms with Crippen molar-refractivity contribution in [2.45, 2.75) is 26.1 Å². The predicted molar refractivity (Wildman–Crippen MR) is 68.9 cm³/mol. The topological polar surface area (TPSA) is 58.6 Å². The molecule has 17 heavy (non-hydrogen) atoms. The molecule has 2 atom stereocenters. The van der Waals surface area contributed by atoms with Gasteiger partial charge in [0.1, 0.15) is 5.75 Å². The lowest BCUT2D eigenvalue weighted by atomic mass is 10.3. The summed E-state index contributed by atoms with van der Waals surface area (Å²) in [5, 5.41) is 11.6. The summed E-state index contributed by atoms with van der Waals surface area (Å²) in [7, 11) is 0. The number of ether oxygens (including phenoxy) is 1. The van der Waals surface area contributed by atoms with Crippen LogP contribution in [0.1, 0.15) is 13.8 Å². The fourth-order valence-corrected chi connectivity index (χ4v) is 1.55. The summed E-state index contributed by atoms with van der Waals surface area (Å²) in [5.74, 6) is 0.369. The van der Waals surface area contributed by atoms with Gasteiger partial charge < -0.3 is 15.2 Å². The van der Waals surface area contributed by atoms with E-state index in [-0.39, 0.29) is 12.5 Å². The Bertz CT molecular complexity index is 382. The van der Waals surface area contributed by atoms with Crippen LogP contribution in [0.4, 0.5) is 0 Å². The van der Waals surface area contributed by atoms with E-state index in [2.05, 4.69) is 21.2 Å². The third-order valence-corrected chi connectivity index (χ3v) is 2.74. The molecule has 2 unspecified atom stereocenters. The van der Waals surface area contributed by atoms with E-state index in [0.717, 1.165) is 4.47 Å². The predicted octanol–water partition coefficient (Wildman–Crippen LogP) is 1.71. The average Bonchev–Trinajstić information content (AvgIpc) is 2.28. The van der Waals surface area contributed by atoms with E-state index in [4.69, 9.17) is 9.84 Å². The van der Waals surface area contributed by atoms with Crippen molar-refractivity contribution in [1.82, 2.24) is 5.32 Å². The quantitative estimate of drug-likeness (QED) is 0.870. The Morgan fingerprint density at radius 3 is 2.71 bits per heavy atom. The molecule has 4 nitrogen and oxygen atoms in total. The summed E-state index contributed by atoms with van der Waals surface area (Å²) in [6, 6.07) is 7.33. The van der Waals surface area contributed by atoms with Crippen molar-refractivity contribution < 1.29 is 14.6 Å². The van der Waals surface area contributed by atoms with Crippen molar-refractivity contribution in [2.75, 3.05) is 6.54 Å². The Kier molecular flexibility index (Phi) is 5.44. The summed E-state index contributed by atoms with van der Waals surface area (Å²) >= 11 is 3.34. The number of aliphatic hydroxyl groups excluding tert-OH is 1. The first-order valence-electron chi connectivity index (χ1n) is 5.37.